The third-order valence-corrected chi connectivity index (χ3v) is 5.69. The summed E-state index contributed by atoms with van der Waals surface area (Å²) in [5.74, 6) is -0.810. The number of Topliss-reactive ketones (excluding diaryl/α,β-unsaturated/α-hetero) is 1. The molecule has 0 aliphatic heterocycles. The van der Waals surface area contributed by atoms with E-state index in [0.717, 1.165) is 25.7 Å². The van der Waals surface area contributed by atoms with Gasteiger partial charge < -0.3 is 9.73 Å². The highest BCUT2D eigenvalue weighted by Gasteiger charge is 2.36. The van der Waals surface area contributed by atoms with Crippen molar-refractivity contribution in [3.63, 3.8) is 0 Å². The van der Waals surface area contributed by atoms with E-state index in [1.165, 1.54) is 18.1 Å². The predicted octanol–water partition coefficient (Wildman–Crippen LogP) is 4.32. The van der Waals surface area contributed by atoms with Gasteiger partial charge in [0.25, 0.3) is 5.91 Å². The summed E-state index contributed by atoms with van der Waals surface area (Å²) in [5, 5.41) is 3.11. The highest BCUT2D eigenvalue weighted by molar-refractivity contribution is 6.09. The normalized spacial score (nSPS) is 14.7. The van der Waals surface area contributed by atoms with Crippen molar-refractivity contribution in [1.82, 2.24) is 10.3 Å². The molecule has 0 spiro atoms. The Labute approximate surface area is 186 Å². The van der Waals surface area contributed by atoms with E-state index >= 15 is 0 Å². The Morgan fingerprint density at radius 3 is 2.56 bits per heavy atom. The second-order valence-electron chi connectivity index (χ2n) is 7.94. The van der Waals surface area contributed by atoms with Gasteiger partial charge in [-0.2, -0.15) is 0 Å². The quantitative estimate of drug-likeness (QED) is 0.562. The van der Waals surface area contributed by atoms with Crippen molar-refractivity contribution in [2.75, 3.05) is 4.90 Å². The number of nitrogens with zero attached hydrogens (tertiary/aromatic N) is 2. The first-order valence-corrected chi connectivity index (χ1v) is 10.7. The van der Waals surface area contributed by atoms with Crippen molar-refractivity contribution in [3.8, 4) is 0 Å². The van der Waals surface area contributed by atoms with Crippen molar-refractivity contribution in [2.45, 2.75) is 44.7 Å². The Morgan fingerprint density at radius 1 is 1.09 bits per heavy atom. The molecule has 1 aliphatic rings. The van der Waals surface area contributed by atoms with Gasteiger partial charge in [-0.05, 0) is 50.1 Å². The highest BCUT2D eigenvalue weighted by atomic mass is 16.3. The van der Waals surface area contributed by atoms with Crippen LogP contribution in [-0.2, 0) is 4.79 Å². The van der Waals surface area contributed by atoms with E-state index in [1.54, 1.807) is 60.9 Å². The Balaban J connectivity index is 1.82. The minimum absolute atomic E-state index is 0.0748. The molecule has 1 saturated carbocycles. The molecule has 1 aliphatic carbocycles. The summed E-state index contributed by atoms with van der Waals surface area (Å²) < 4.78 is 5.37. The van der Waals surface area contributed by atoms with Gasteiger partial charge in [-0.3, -0.25) is 24.3 Å². The minimum atomic E-state index is -0.982. The van der Waals surface area contributed by atoms with E-state index in [1.807, 2.05) is 0 Å². The molecule has 0 saturated heterocycles. The Bertz CT molecular complexity index is 1090. The SMILES string of the molecule is CC(=O)c1cccc(N(C(=O)c2ccco2)[C@H](C(=O)NC2CCCC2)c2cccnc2)c1. The number of nitrogens with one attached hydrogen (secondary N) is 1. The lowest BCUT2D eigenvalue weighted by molar-refractivity contribution is -0.123. The molecule has 2 aromatic heterocycles. The van der Waals surface area contributed by atoms with E-state index in [0.29, 0.717) is 16.8 Å². The molecule has 1 fully saturated rings. The maximum Gasteiger partial charge on any atom is 0.294 e. The molecular formula is C25H25N3O4. The predicted molar refractivity (Wildman–Crippen MR) is 119 cm³/mol. The van der Waals surface area contributed by atoms with Gasteiger partial charge in [-0.15, -0.1) is 0 Å². The fourth-order valence-corrected chi connectivity index (χ4v) is 4.08. The van der Waals surface area contributed by atoms with E-state index in [9.17, 15) is 14.4 Å². The van der Waals surface area contributed by atoms with Crippen molar-refractivity contribution in [2.24, 2.45) is 0 Å². The number of anilines is 1. The summed E-state index contributed by atoms with van der Waals surface area (Å²) in [6.07, 6.45) is 8.57. The lowest BCUT2D eigenvalue weighted by Crippen LogP contribution is -2.46. The van der Waals surface area contributed by atoms with Gasteiger partial charge in [0.1, 0.15) is 6.04 Å². The molecule has 7 nitrogen and oxygen atoms in total. The van der Waals surface area contributed by atoms with Crippen LogP contribution >= 0.6 is 0 Å². The van der Waals surface area contributed by atoms with Crippen LogP contribution in [0.3, 0.4) is 0 Å². The number of amides is 2. The zero-order valence-corrected chi connectivity index (χ0v) is 17.9. The molecule has 7 heteroatoms. The molecule has 1 aromatic carbocycles. The number of carbonyl (C=O) groups excluding carboxylic acids is 3. The van der Waals surface area contributed by atoms with E-state index < -0.39 is 11.9 Å². The van der Waals surface area contributed by atoms with Crippen LogP contribution in [0.15, 0.2) is 71.6 Å². The van der Waals surface area contributed by atoms with Crippen LogP contribution in [0, 0.1) is 0 Å². The topological polar surface area (TPSA) is 92.5 Å². The van der Waals surface area contributed by atoms with Gasteiger partial charge in [-0.25, -0.2) is 0 Å². The summed E-state index contributed by atoms with van der Waals surface area (Å²) in [5.41, 5.74) is 1.44. The fraction of sp³-hybridized carbons (Fsp3) is 0.280. The van der Waals surface area contributed by atoms with Crippen LogP contribution in [0.2, 0.25) is 0 Å². The summed E-state index contributed by atoms with van der Waals surface area (Å²) in [6, 6.07) is 12.5. The van der Waals surface area contributed by atoms with Gasteiger partial charge in [0.05, 0.1) is 6.26 Å². The maximum absolute atomic E-state index is 13.6. The number of hydrogen-bond acceptors (Lipinski definition) is 5. The minimum Gasteiger partial charge on any atom is -0.459 e. The summed E-state index contributed by atoms with van der Waals surface area (Å²) >= 11 is 0. The van der Waals surface area contributed by atoms with Crippen LogP contribution in [0.1, 0.15) is 65.1 Å². The lowest BCUT2D eigenvalue weighted by atomic mass is 10.0. The summed E-state index contributed by atoms with van der Waals surface area (Å²) in [4.78, 5) is 44.7. The first kappa shape index (κ1) is 21.5. The van der Waals surface area contributed by atoms with Crippen LogP contribution in [0.25, 0.3) is 0 Å². The van der Waals surface area contributed by atoms with Crippen molar-refractivity contribution in [3.05, 3.63) is 84.1 Å². The van der Waals surface area contributed by atoms with Crippen molar-refractivity contribution >= 4 is 23.3 Å². The molecule has 1 atom stereocenters. The molecule has 164 valence electrons. The second kappa shape index (κ2) is 9.60. The van der Waals surface area contributed by atoms with Crippen LogP contribution in [-0.4, -0.2) is 28.6 Å². The first-order chi connectivity index (χ1) is 15.5. The molecule has 0 unspecified atom stereocenters. The zero-order valence-electron chi connectivity index (χ0n) is 17.9. The number of hydrogen-bond donors (Lipinski definition) is 1. The molecule has 2 heterocycles. The molecule has 0 radical (unpaired) electrons. The monoisotopic (exact) mass is 431 g/mol. The smallest absolute Gasteiger partial charge is 0.294 e. The summed E-state index contributed by atoms with van der Waals surface area (Å²) in [7, 11) is 0. The number of aromatic nitrogens is 1. The van der Waals surface area contributed by atoms with Crippen LogP contribution < -0.4 is 10.2 Å². The standard InChI is InChI=1S/C25H25N3O4/c1-17(29)18-7-4-11-21(15-18)28(25(31)22-12-6-14-32-22)23(19-8-5-13-26-16-19)24(30)27-20-9-2-3-10-20/h4-8,11-16,20,23H,2-3,9-10H2,1H3,(H,27,30)/t23-/m0/s1. The summed E-state index contributed by atoms with van der Waals surface area (Å²) in [6.45, 7) is 1.46. The molecule has 3 aromatic rings. The van der Waals surface area contributed by atoms with E-state index in [4.69, 9.17) is 4.42 Å². The van der Waals surface area contributed by atoms with Crippen molar-refractivity contribution < 1.29 is 18.8 Å². The molecule has 4 rings (SSSR count). The van der Waals surface area contributed by atoms with E-state index in [2.05, 4.69) is 10.3 Å². The number of furan rings is 1. The second-order valence-corrected chi connectivity index (χ2v) is 7.94. The Kier molecular flexibility index (Phi) is 6.44. The number of rotatable bonds is 7. The fourth-order valence-electron chi connectivity index (χ4n) is 4.08. The molecular weight excluding hydrogens is 406 g/mol. The van der Waals surface area contributed by atoms with Gasteiger partial charge in [0.15, 0.2) is 11.5 Å². The molecule has 32 heavy (non-hydrogen) atoms. The lowest BCUT2D eigenvalue weighted by Gasteiger charge is -2.31. The molecule has 0 bridgehead atoms. The number of carbonyl (C=O) groups is 3. The zero-order chi connectivity index (χ0) is 22.5. The van der Waals surface area contributed by atoms with E-state index in [-0.39, 0.29) is 23.5 Å². The molecule has 2 amide bonds. The van der Waals surface area contributed by atoms with Gasteiger partial charge >= 0.3 is 0 Å². The largest absolute Gasteiger partial charge is 0.459 e. The average molecular weight is 431 g/mol. The molecule has 1 N–H and O–H groups in total. The maximum atomic E-state index is 13.6. The van der Waals surface area contributed by atoms with Crippen LogP contribution in [0.4, 0.5) is 5.69 Å². The van der Waals surface area contributed by atoms with Gasteiger partial charge in [-0.1, -0.05) is 31.0 Å². The number of ketones is 1. The highest BCUT2D eigenvalue weighted by Crippen LogP contribution is 2.31. The third kappa shape index (κ3) is 4.61. The third-order valence-electron chi connectivity index (χ3n) is 5.69. The number of benzene rings is 1. The van der Waals surface area contributed by atoms with Crippen molar-refractivity contribution in [1.29, 1.82) is 0 Å². The van der Waals surface area contributed by atoms with Crippen LogP contribution in [0.5, 0.6) is 0 Å². The number of pyridine rings is 1. The Morgan fingerprint density at radius 2 is 1.91 bits per heavy atom. The Hall–Kier alpha value is -3.74. The first-order valence-electron chi connectivity index (χ1n) is 10.7. The average Bonchev–Trinajstić information content (AvgIpc) is 3.52. The van der Waals surface area contributed by atoms with Gasteiger partial charge in [0, 0.05) is 35.2 Å². The van der Waals surface area contributed by atoms with Gasteiger partial charge in [0.2, 0.25) is 5.91 Å².